The second-order valence-electron chi connectivity index (χ2n) is 11.7. The van der Waals surface area contributed by atoms with Gasteiger partial charge < -0.3 is 29.5 Å². The van der Waals surface area contributed by atoms with Gasteiger partial charge in [0.15, 0.2) is 0 Å². The van der Waals surface area contributed by atoms with Crippen molar-refractivity contribution in [2.75, 3.05) is 31.1 Å². The molecule has 2 aliphatic rings. The van der Waals surface area contributed by atoms with Crippen LogP contribution in [0, 0.1) is 5.92 Å². The van der Waals surface area contributed by atoms with Crippen molar-refractivity contribution in [2.45, 2.75) is 71.1 Å². The second-order valence-corrected chi connectivity index (χ2v) is 11.7. The molecule has 0 radical (unpaired) electrons. The minimum atomic E-state index is -1.28. The van der Waals surface area contributed by atoms with E-state index in [1.807, 2.05) is 45.0 Å². The van der Waals surface area contributed by atoms with Gasteiger partial charge in [-0.05, 0) is 88.5 Å². The van der Waals surface area contributed by atoms with Crippen LogP contribution < -0.4 is 9.64 Å². The molecular formula is C31H40N2O7. The fourth-order valence-corrected chi connectivity index (χ4v) is 5.47. The second kappa shape index (κ2) is 12.3. The molecule has 1 saturated carbocycles. The van der Waals surface area contributed by atoms with Gasteiger partial charge >= 0.3 is 17.9 Å². The number of hydrogen-bond donors (Lipinski definition) is 2. The van der Waals surface area contributed by atoms with Gasteiger partial charge in [-0.1, -0.05) is 6.92 Å². The standard InChI is InChI=1S/C31H40N2O7/c1-5-32(23-16-25(17-23)39-24-10-11-26(28(34)35)27(18-24)29(36)37)19-20-12-14-33(15-13-20)22-8-6-21(7-9-22)30(38)40-31(2,3)4/h6-11,18,20,23,25H,5,12-17,19H2,1-4H3,(H,34,35)(H,36,37). The maximum atomic E-state index is 12.3. The van der Waals surface area contributed by atoms with E-state index in [0.717, 1.165) is 57.5 Å². The van der Waals surface area contributed by atoms with Gasteiger partial charge in [0.25, 0.3) is 0 Å². The van der Waals surface area contributed by atoms with Gasteiger partial charge in [0.2, 0.25) is 0 Å². The summed E-state index contributed by atoms with van der Waals surface area (Å²) in [7, 11) is 0. The molecule has 0 aromatic heterocycles. The number of carboxylic acid groups (broad SMARTS) is 2. The number of hydrogen-bond acceptors (Lipinski definition) is 7. The molecule has 2 N–H and O–H groups in total. The minimum absolute atomic E-state index is 0.0122. The van der Waals surface area contributed by atoms with E-state index in [-0.39, 0.29) is 23.2 Å². The van der Waals surface area contributed by atoms with E-state index in [1.165, 1.54) is 18.2 Å². The van der Waals surface area contributed by atoms with Gasteiger partial charge in [-0.15, -0.1) is 0 Å². The summed E-state index contributed by atoms with van der Waals surface area (Å²) < 4.78 is 11.4. The van der Waals surface area contributed by atoms with Crippen molar-refractivity contribution in [1.29, 1.82) is 0 Å². The molecule has 1 saturated heterocycles. The van der Waals surface area contributed by atoms with E-state index in [4.69, 9.17) is 9.47 Å². The zero-order chi connectivity index (χ0) is 29.0. The van der Waals surface area contributed by atoms with Crippen molar-refractivity contribution in [1.82, 2.24) is 4.90 Å². The predicted octanol–water partition coefficient (Wildman–Crippen LogP) is 5.19. The molecule has 40 heavy (non-hydrogen) atoms. The van der Waals surface area contributed by atoms with Crippen LogP contribution in [0.5, 0.6) is 5.75 Å². The van der Waals surface area contributed by atoms with Crippen LogP contribution in [0.25, 0.3) is 0 Å². The van der Waals surface area contributed by atoms with Gasteiger partial charge in [-0.25, -0.2) is 14.4 Å². The van der Waals surface area contributed by atoms with Crippen molar-refractivity contribution in [2.24, 2.45) is 5.92 Å². The van der Waals surface area contributed by atoms with Gasteiger partial charge in [-0.3, -0.25) is 0 Å². The molecule has 0 spiro atoms. The maximum absolute atomic E-state index is 12.3. The molecule has 4 rings (SSSR count). The number of ether oxygens (including phenoxy) is 2. The van der Waals surface area contributed by atoms with Crippen LogP contribution >= 0.6 is 0 Å². The third kappa shape index (κ3) is 7.33. The summed E-state index contributed by atoms with van der Waals surface area (Å²) in [5.74, 6) is -1.86. The minimum Gasteiger partial charge on any atom is -0.490 e. The fourth-order valence-electron chi connectivity index (χ4n) is 5.47. The number of benzene rings is 2. The van der Waals surface area contributed by atoms with E-state index in [1.54, 1.807) is 0 Å². The lowest BCUT2D eigenvalue weighted by atomic mass is 9.86. The number of carbonyl (C=O) groups excluding carboxylic acids is 1. The predicted molar refractivity (Wildman–Crippen MR) is 152 cm³/mol. The number of esters is 1. The third-order valence-corrected chi connectivity index (χ3v) is 7.72. The molecule has 1 aliphatic carbocycles. The molecule has 0 bridgehead atoms. The van der Waals surface area contributed by atoms with Gasteiger partial charge in [0, 0.05) is 44.2 Å². The summed E-state index contributed by atoms with van der Waals surface area (Å²) in [6.45, 7) is 11.7. The average molecular weight is 553 g/mol. The highest BCUT2D eigenvalue weighted by Crippen LogP contribution is 2.33. The van der Waals surface area contributed by atoms with Crippen LogP contribution in [0.2, 0.25) is 0 Å². The summed E-state index contributed by atoms with van der Waals surface area (Å²) in [5.41, 5.74) is 0.668. The number of aromatic carboxylic acids is 2. The van der Waals surface area contributed by atoms with E-state index >= 15 is 0 Å². The van der Waals surface area contributed by atoms with Gasteiger partial charge in [-0.2, -0.15) is 0 Å². The van der Waals surface area contributed by atoms with Crippen LogP contribution in [0.1, 0.15) is 84.5 Å². The zero-order valence-electron chi connectivity index (χ0n) is 23.8. The van der Waals surface area contributed by atoms with E-state index in [2.05, 4.69) is 16.7 Å². The largest absolute Gasteiger partial charge is 0.490 e. The Kier molecular flexibility index (Phi) is 9.03. The Balaban J connectivity index is 1.23. The first kappa shape index (κ1) is 29.4. The highest BCUT2D eigenvalue weighted by atomic mass is 16.6. The van der Waals surface area contributed by atoms with Crippen molar-refractivity contribution >= 4 is 23.6 Å². The summed E-state index contributed by atoms with van der Waals surface area (Å²) in [6.07, 6.45) is 3.91. The smallest absolute Gasteiger partial charge is 0.338 e. The molecule has 0 amide bonds. The molecule has 216 valence electrons. The number of nitrogens with zero attached hydrogens (tertiary/aromatic N) is 2. The Morgan fingerprint density at radius 2 is 1.57 bits per heavy atom. The highest BCUT2D eigenvalue weighted by molar-refractivity contribution is 6.02. The van der Waals surface area contributed by atoms with E-state index in [0.29, 0.717) is 23.3 Å². The van der Waals surface area contributed by atoms with E-state index in [9.17, 15) is 24.6 Å². The average Bonchev–Trinajstić information content (AvgIpc) is 2.88. The van der Waals surface area contributed by atoms with Crippen LogP contribution in [-0.4, -0.2) is 76.9 Å². The molecule has 1 heterocycles. The fraction of sp³-hybridized carbons (Fsp3) is 0.516. The van der Waals surface area contributed by atoms with Gasteiger partial charge in [0.05, 0.1) is 16.7 Å². The molecule has 0 atom stereocenters. The highest BCUT2D eigenvalue weighted by Gasteiger charge is 2.36. The Morgan fingerprint density at radius 1 is 0.950 bits per heavy atom. The van der Waals surface area contributed by atoms with Crippen molar-refractivity contribution in [3.63, 3.8) is 0 Å². The summed E-state index contributed by atoms with van der Waals surface area (Å²) >= 11 is 0. The molecule has 9 nitrogen and oxygen atoms in total. The number of anilines is 1. The quantitative estimate of drug-likeness (QED) is 0.384. The first-order valence-electron chi connectivity index (χ1n) is 14.0. The Bertz CT molecular complexity index is 1210. The molecule has 2 aromatic rings. The molecule has 2 aromatic carbocycles. The zero-order valence-corrected chi connectivity index (χ0v) is 23.8. The molecule has 0 unspecified atom stereocenters. The molecule has 9 heteroatoms. The van der Waals surface area contributed by atoms with Crippen LogP contribution in [0.3, 0.4) is 0 Å². The summed E-state index contributed by atoms with van der Waals surface area (Å²) in [6, 6.07) is 12.2. The number of carboxylic acids is 2. The topological polar surface area (TPSA) is 117 Å². The number of piperidine rings is 1. The first-order chi connectivity index (χ1) is 18.9. The monoisotopic (exact) mass is 552 g/mol. The SMILES string of the molecule is CCN(CC1CCN(c2ccc(C(=O)OC(C)(C)C)cc2)CC1)C1CC(Oc2ccc(C(=O)O)c(C(=O)O)c2)C1. The Labute approximate surface area is 235 Å². The first-order valence-corrected chi connectivity index (χ1v) is 14.0. The van der Waals surface area contributed by atoms with Crippen molar-refractivity contribution in [3.8, 4) is 5.75 Å². The Hall–Kier alpha value is -3.59. The van der Waals surface area contributed by atoms with Crippen LogP contribution in [0.4, 0.5) is 5.69 Å². The molecule has 1 aliphatic heterocycles. The van der Waals surface area contributed by atoms with Gasteiger partial charge in [0.1, 0.15) is 17.5 Å². The lowest BCUT2D eigenvalue weighted by Crippen LogP contribution is -2.51. The Morgan fingerprint density at radius 3 is 2.12 bits per heavy atom. The van der Waals surface area contributed by atoms with E-state index < -0.39 is 17.5 Å². The summed E-state index contributed by atoms with van der Waals surface area (Å²) in [4.78, 5) is 39.9. The number of rotatable bonds is 10. The number of carbonyl (C=O) groups is 3. The van der Waals surface area contributed by atoms with Crippen molar-refractivity contribution in [3.05, 3.63) is 59.2 Å². The molecule has 2 fully saturated rings. The summed E-state index contributed by atoms with van der Waals surface area (Å²) in [5, 5.41) is 18.6. The van der Waals surface area contributed by atoms with Crippen LogP contribution in [-0.2, 0) is 4.74 Å². The van der Waals surface area contributed by atoms with Crippen LogP contribution in [0.15, 0.2) is 42.5 Å². The third-order valence-electron chi connectivity index (χ3n) is 7.72. The molecular weight excluding hydrogens is 512 g/mol. The maximum Gasteiger partial charge on any atom is 0.338 e. The van der Waals surface area contributed by atoms with Crippen molar-refractivity contribution < 1.29 is 34.1 Å². The lowest BCUT2D eigenvalue weighted by molar-refractivity contribution is 0.00686. The normalized spacial score (nSPS) is 19.7. The lowest BCUT2D eigenvalue weighted by Gasteiger charge is -2.44.